The summed E-state index contributed by atoms with van der Waals surface area (Å²) in [5.74, 6) is 1.36. The lowest BCUT2D eigenvalue weighted by molar-refractivity contribution is 0.0622. The summed E-state index contributed by atoms with van der Waals surface area (Å²) in [5, 5.41) is 9.89. The van der Waals surface area contributed by atoms with Crippen molar-refractivity contribution in [3.8, 4) is 11.5 Å². The van der Waals surface area contributed by atoms with Crippen LogP contribution in [0.5, 0.6) is 11.5 Å². The molecule has 0 spiro atoms. The van der Waals surface area contributed by atoms with E-state index in [9.17, 15) is 5.11 Å². The third-order valence-corrected chi connectivity index (χ3v) is 2.97. The van der Waals surface area contributed by atoms with Gasteiger partial charge >= 0.3 is 0 Å². The monoisotopic (exact) mass is 288 g/mol. The quantitative estimate of drug-likeness (QED) is 0.810. The number of ether oxygens (including phenoxy) is 2. The molecule has 21 heavy (non-hydrogen) atoms. The zero-order valence-corrected chi connectivity index (χ0v) is 12.0. The predicted octanol–water partition coefficient (Wildman–Crippen LogP) is 1.67. The minimum absolute atomic E-state index is 0.156. The SMILES string of the molecule is Cc1ncccc1OCC(O)COc1cccc(CN)c1. The van der Waals surface area contributed by atoms with E-state index in [1.54, 1.807) is 12.3 Å². The number of aryl methyl sites for hydroxylation is 1. The number of aromatic nitrogens is 1. The molecule has 0 saturated carbocycles. The van der Waals surface area contributed by atoms with Crippen LogP contribution in [-0.2, 0) is 6.54 Å². The summed E-state index contributed by atoms with van der Waals surface area (Å²) in [6, 6.07) is 11.1. The minimum atomic E-state index is -0.717. The van der Waals surface area contributed by atoms with E-state index in [0.717, 1.165) is 11.3 Å². The van der Waals surface area contributed by atoms with E-state index in [2.05, 4.69) is 4.98 Å². The molecule has 2 rings (SSSR count). The predicted molar refractivity (Wildman–Crippen MR) is 80.3 cm³/mol. The Hall–Kier alpha value is -2.11. The number of benzene rings is 1. The highest BCUT2D eigenvalue weighted by Gasteiger charge is 2.08. The average molecular weight is 288 g/mol. The zero-order valence-electron chi connectivity index (χ0n) is 12.0. The van der Waals surface area contributed by atoms with Crippen molar-refractivity contribution in [2.24, 2.45) is 5.73 Å². The van der Waals surface area contributed by atoms with Crippen molar-refractivity contribution in [3.05, 3.63) is 53.9 Å². The van der Waals surface area contributed by atoms with Gasteiger partial charge in [0.25, 0.3) is 0 Å². The highest BCUT2D eigenvalue weighted by molar-refractivity contribution is 5.28. The van der Waals surface area contributed by atoms with E-state index < -0.39 is 6.10 Å². The van der Waals surface area contributed by atoms with Crippen molar-refractivity contribution in [3.63, 3.8) is 0 Å². The number of hydrogen-bond donors (Lipinski definition) is 2. The molecule has 0 aliphatic carbocycles. The maximum absolute atomic E-state index is 9.89. The number of pyridine rings is 1. The van der Waals surface area contributed by atoms with Gasteiger partial charge in [-0.25, -0.2) is 0 Å². The van der Waals surface area contributed by atoms with E-state index >= 15 is 0 Å². The third-order valence-electron chi connectivity index (χ3n) is 2.97. The van der Waals surface area contributed by atoms with Crippen LogP contribution in [0.3, 0.4) is 0 Å². The lowest BCUT2D eigenvalue weighted by atomic mass is 10.2. The smallest absolute Gasteiger partial charge is 0.140 e. The summed E-state index contributed by atoms with van der Waals surface area (Å²) in [5.41, 5.74) is 7.35. The molecule has 112 valence electrons. The first kappa shape index (κ1) is 15.3. The fourth-order valence-electron chi connectivity index (χ4n) is 1.81. The normalized spacial score (nSPS) is 12.0. The highest BCUT2D eigenvalue weighted by atomic mass is 16.5. The molecule has 1 unspecified atom stereocenters. The van der Waals surface area contributed by atoms with Gasteiger partial charge in [-0.15, -0.1) is 0 Å². The molecule has 0 radical (unpaired) electrons. The van der Waals surface area contributed by atoms with Crippen LogP contribution >= 0.6 is 0 Å². The van der Waals surface area contributed by atoms with Crippen LogP contribution in [0.25, 0.3) is 0 Å². The van der Waals surface area contributed by atoms with E-state index in [1.807, 2.05) is 37.3 Å². The molecular formula is C16H20N2O3. The molecule has 0 fully saturated rings. The maximum atomic E-state index is 9.89. The first-order chi connectivity index (χ1) is 10.2. The van der Waals surface area contributed by atoms with Gasteiger partial charge in [0.2, 0.25) is 0 Å². The van der Waals surface area contributed by atoms with Crippen LogP contribution in [0.15, 0.2) is 42.6 Å². The van der Waals surface area contributed by atoms with Gasteiger partial charge in [-0.05, 0) is 36.8 Å². The van der Waals surface area contributed by atoms with Crippen LogP contribution in [0, 0.1) is 6.92 Å². The molecule has 0 aliphatic rings. The maximum Gasteiger partial charge on any atom is 0.140 e. The molecule has 0 aliphatic heterocycles. The molecule has 1 aromatic carbocycles. The standard InChI is InChI=1S/C16H20N2O3/c1-12-16(6-3-7-18-12)21-11-14(19)10-20-15-5-2-4-13(8-15)9-17/h2-8,14,19H,9-11,17H2,1H3. The fraction of sp³-hybridized carbons (Fsp3) is 0.312. The van der Waals surface area contributed by atoms with Crippen molar-refractivity contribution in [2.45, 2.75) is 19.6 Å². The van der Waals surface area contributed by atoms with E-state index in [4.69, 9.17) is 15.2 Å². The van der Waals surface area contributed by atoms with Crippen LogP contribution < -0.4 is 15.2 Å². The largest absolute Gasteiger partial charge is 0.491 e. The Bertz CT molecular complexity index is 575. The van der Waals surface area contributed by atoms with Gasteiger partial charge in [0.15, 0.2) is 0 Å². The Kier molecular flexibility index (Phi) is 5.54. The van der Waals surface area contributed by atoms with Crippen molar-refractivity contribution >= 4 is 0 Å². The van der Waals surface area contributed by atoms with E-state index in [1.165, 1.54) is 0 Å². The summed E-state index contributed by atoms with van der Waals surface area (Å²) < 4.78 is 11.0. The fourth-order valence-corrected chi connectivity index (χ4v) is 1.81. The van der Waals surface area contributed by atoms with Crippen LogP contribution in [0.4, 0.5) is 0 Å². The van der Waals surface area contributed by atoms with Crippen LogP contribution in [0.1, 0.15) is 11.3 Å². The molecular weight excluding hydrogens is 268 g/mol. The van der Waals surface area contributed by atoms with Gasteiger partial charge in [-0.3, -0.25) is 4.98 Å². The molecule has 3 N–H and O–H groups in total. The summed E-state index contributed by atoms with van der Waals surface area (Å²) in [4.78, 5) is 4.12. The molecule has 1 aromatic heterocycles. The molecule has 0 bridgehead atoms. The molecule has 2 aromatic rings. The summed E-state index contributed by atoms with van der Waals surface area (Å²) in [6.45, 7) is 2.64. The van der Waals surface area contributed by atoms with Crippen LogP contribution in [0.2, 0.25) is 0 Å². The number of nitrogens with zero attached hydrogens (tertiary/aromatic N) is 1. The summed E-state index contributed by atoms with van der Waals surface area (Å²) in [6.07, 6.45) is 0.984. The second kappa shape index (κ2) is 7.61. The topological polar surface area (TPSA) is 77.6 Å². The number of hydrogen-bond acceptors (Lipinski definition) is 5. The van der Waals surface area contributed by atoms with E-state index in [0.29, 0.717) is 18.0 Å². The number of rotatable bonds is 7. The first-order valence-electron chi connectivity index (χ1n) is 6.83. The molecule has 5 heteroatoms. The Morgan fingerprint density at radius 1 is 1.19 bits per heavy atom. The van der Waals surface area contributed by atoms with Gasteiger partial charge in [0, 0.05) is 12.7 Å². The van der Waals surface area contributed by atoms with Crippen molar-refractivity contribution < 1.29 is 14.6 Å². The van der Waals surface area contributed by atoms with Crippen molar-refractivity contribution in [2.75, 3.05) is 13.2 Å². The third kappa shape index (κ3) is 4.73. The number of aliphatic hydroxyl groups excluding tert-OH is 1. The summed E-state index contributed by atoms with van der Waals surface area (Å²) in [7, 11) is 0. The number of nitrogens with two attached hydrogens (primary N) is 1. The molecule has 1 atom stereocenters. The van der Waals surface area contributed by atoms with Gasteiger partial charge in [-0.1, -0.05) is 12.1 Å². The lowest BCUT2D eigenvalue weighted by Gasteiger charge is -2.14. The Morgan fingerprint density at radius 3 is 2.76 bits per heavy atom. The van der Waals surface area contributed by atoms with Crippen molar-refractivity contribution in [1.29, 1.82) is 0 Å². The van der Waals surface area contributed by atoms with E-state index in [-0.39, 0.29) is 13.2 Å². The average Bonchev–Trinajstić information content (AvgIpc) is 2.52. The second-order valence-electron chi connectivity index (χ2n) is 4.71. The second-order valence-corrected chi connectivity index (χ2v) is 4.71. The van der Waals surface area contributed by atoms with Gasteiger partial charge < -0.3 is 20.3 Å². The molecule has 1 heterocycles. The Balaban J connectivity index is 1.79. The highest BCUT2D eigenvalue weighted by Crippen LogP contribution is 2.15. The molecule has 0 amide bonds. The van der Waals surface area contributed by atoms with Gasteiger partial charge in [0.1, 0.15) is 30.8 Å². The first-order valence-corrected chi connectivity index (χ1v) is 6.83. The molecule has 5 nitrogen and oxygen atoms in total. The van der Waals surface area contributed by atoms with Crippen LogP contribution in [-0.4, -0.2) is 29.4 Å². The Labute approximate surface area is 124 Å². The lowest BCUT2D eigenvalue weighted by Crippen LogP contribution is -2.25. The Morgan fingerprint density at radius 2 is 2.00 bits per heavy atom. The molecule has 0 saturated heterocycles. The van der Waals surface area contributed by atoms with Gasteiger partial charge in [-0.2, -0.15) is 0 Å². The van der Waals surface area contributed by atoms with Crippen molar-refractivity contribution in [1.82, 2.24) is 4.98 Å². The number of aliphatic hydroxyl groups is 1. The zero-order chi connectivity index (χ0) is 15.1. The summed E-state index contributed by atoms with van der Waals surface area (Å²) >= 11 is 0. The van der Waals surface area contributed by atoms with Gasteiger partial charge in [0.05, 0.1) is 5.69 Å². The minimum Gasteiger partial charge on any atom is -0.491 e.